The highest BCUT2D eigenvalue weighted by molar-refractivity contribution is 6.83. The first-order valence-corrected chi connectivity index (χ1v) is 12.6. The van der Waals surface area contributed by atoms with E-state index in [1.54, 1.807) is 0 Å². The van der Waals surface area contributed by atoms with E-state index in [1.807, 2.05) is 26.8 Å². The van der Waals surface area contributed by atoms with Crippen LogP contribution in [0.25, 0.3) is 0 Å². The molecule has 1 aliphatic carbocycles. The summed E-state index contributed by atoms with van der Waals surface area (Å²) in [6.45, 7) is 12.9. The molecule has 1 aliphatic rings. The molecule has 0 saturated heterocycles. The van der Waals surface area contributed by atoms with E-state index < -0.39 is 8.07 Å². The number of allylic oxidation sites excluding steroid dienone is 3. The predicted octanol–water partition coefficient (Wildman–Crippen LogP) is 4.61. The Bertz CT molecular complexity index is 547. The van der Waals surface area contributed by atoms with E-state index >= 15 is 0 Å². The molecule has 0 fully saturated rings. The van der Waals surface area contributed by atoms with E-state index in [1.165, 1.54) is 12.3 Å². The molecule has 0 bridgehead atoms. The molecule has 142 valence electrons. The van der Waals surface area contributed by atoms with E-state index in [0.29, 0.717) is 12.8 Å². The monoisotopic (exact) mass is 366 g/mol. The third-order valence-corrected chi connectivity index (χ3v) is 6.49. The number of carbonyl (C=O) groups excluding carboxylic acids is 2. The lowest BCUT2D eigenvalue weighted by atomic mass is 10.1. The minimum absolute atomic E-state index is 0.107. The van der Waals surface area contributed by atoms with E-state index in [4.69, 9.17) is 4.74 Å². The summed E-state index contributed by atoms with van der Waals surface area (Å²) in [6, 6.07) is 0. The first kappa shape index (κ1) is 21.8. The summed E-state index contributed by atoms with van der Waals surface area (Å²) < 4.78 is 10.6. The first-order valence-electron chi connectivity index (χ1n) is 9.10. The average Bonchev–Trinajstić information content (AvgIpc) is 2.78. The van der Waals surface area contributed by atoms with E-state index in [2.05, 4.69) is 30.5 Å². The maximum absolute atomic E-state index is 12.4. The van der Waals surface area contributed by atoms with Gasteiger partial charge in [0.15, 0.2) is 5.78 Å². The van der Waals surface area contributed by atoms with Crippen LogP contribution in [0.3, 0.4) is 0 Å². The smallest absolute Gasteiger partial charge is 0.305 e. The molecule has 0 aliphatic heterocycles. The second kappa shape index (κ2) is 8.95. The summed E-state index contributed by atoms with van der Waals surface area (Å²) in [5.74, 6) is 0.0340. The minimum atomic E-state index is -1.53. The molecule has 1 unspecified atom stereocenters. The first-order chi connectivity index (χ1) is 11.4. The number of esters is 1. The van der Waals surface area contributed by atoms with E-state index in [9.17, 15) is 9.59 Å². The van der Waals surface area contributed by atoms with Gasteiger partial charge in [-0.15, -0.1) is 0 Å². The number of Topliss-reactive ketones (excluding diaryl/α,β-unsaturated/α-hetero) is 1. The van der Waals surface area contributed by atoms with Crippen LogP contribution >= 0.6 is 0 Å². The van der Waals surface area contributed by atoms with Gasteiger partial charge in [0.2, 0.25) is 0 Å². The van der Waals surface area contributed by atoms with Gasteiger partial charge in [-0.3, -0.25) is 9.59 Å². The fourth-order valence-corrected chi connectivity index (χ4v) is 4.33. The molecule has 0 radical (unpaired) electrons. The van der Waals surface area contributed by atoms with Crippen molar-refractivity contribution in [2.24, 2.45) is 0 Å². The highest BCUT2D eigenvalue weighted by Gasteiger charge is 2.30. The number of ketones is 1. The second-order valence-electron chi connectivity index (χ2n) is 8.71. The zero-order valence-electron chi connectivity index (χ0n) is 16.9. The molecule has 0 saturated carbocycles. The number of ether oxygens (including phenoxy) is 2. The van der Waals surface area contributed by atoms with Crippen molar-refractivity contribution in [3.63, 3.8) is 0 Å². The van der Waals surface area contributed by atoms with Gasteiger partial charge in [-0.1, -0.05) is 30.9 Å². The van der Waals surface area contributed by atoms with Gasteiger partial charge in [-0.25, -0.2) is 0 Å². The SMILES string of the molecule is COC(=O)CCCC=C(CC1=CC(OC(C)(C)C)CC1=O)[Si](C)(C)C. The predicted molar refractivity (Wildman–Crippen MR) is 104 cm³/mol. The third kappa shape index (κ3) is 8.14. The summed E-state index contributed by atoms with van der Waals surface area (Å²) in [5.41, 5.74) is 0.637. The van der Waals surface area contributed by atoms with Crippen molar-refractivity contribution in [2.75, 3.05) is 7.11 Å². The standard InChI is InChI=1S/C20H34O4Si/c1-20(2,3)24-16-12-15(18(21)14-16)13-17(25(5,6)7)10-8-9-11-19(22)23-4/h10,12,16H,8-9,11,13-14H2,1-7H3. The minimum Gasteiger partial charge on any atom is -0.469 e. The average molecular weight is 367 g/mol. The van der Waals surface area contributed by atoms with Crippen molar-refractivity contribution in [3.05, 3.63) is 22.9 Å². The van der Waals surface area contributed by atoms with Gasteiger partial charge < -0.3 is 9.47 Å². The lowest BCUT2D eigenvalue weighted by molar-refractivity contribution is -0.140. The lowest BCUT2D eigenvalue weighted by Gasteiger charge is -2.23. The van der Waals surface area contributed by atoms with Crippen LogP contribution in [0, 0.1) is 0 Å². The number of hydrogen-bond acceptors (Lipinski definition) is 4. The molecule has 0 amide bonds. The molecule has 0 aromatic rings. The van der Waals surface area contributed by atoms with Crippen LogP contribution in [0.1, 0.15) is 52.9 Å². The number of rotatable bonds is 8. The van der Waals surface area contributed by atoms with Crippen LogP contribution in [-0.4, -0.2) is 38.6 Å². The van der Waals surface area contributed by atoms with Gasteiger partial charge in [0.25, 0.3) is 0 Å². The number of methoxy groups -OCH3 is 1. The van der Waals surface area contributed by atoms with E-state index in [-0.39, 0.29) is 23.5 Å². The molecule has 0 N–H and O–H groups in total. The number of carbonyl (C=O) groups is 2. The Balaban J connectivity index is 2.76. The molecule has 25 heavy (non-hydrogen) atoms. The van der Waals surface area contributed by atoms with Crippen molar-refractivity contribution >= 4 is 19.8 Å². The summed E-state index contributed by atoms with van der Waals surface area (Å²) in [4.78, 5) is 23.6. The molecule has 0 heterocycles. The highest BCUT2D eigenvalue weighted by Crippen LogP contribution is 2.30. The topological polar surface area (TPSA) is 52.6 Å². The molecule has 4 nitrogen and oxygen atoms in total. The van der Waals surface area contributed by atoms with Crippen LogP contribution in [-0.2, 0) is 19.1 Å². The van der Waals surface area contributed by atoms with Gasteiger partial charge in [-0.2, -0.15) is 0 Å². The summed E-state index contributed by atoms with van der Waals surface area (Å²) >= 11 is 0. The highest BCUT2D eigenvalue weighted by atomic mass is 28.3. The van der Waals surface area contributed by atoms with E-state index in [0.717, 1.165) is 24.8 Å². The van der Waals surface area contributed by atoms with Gasteiger partial charge in [0.1, 0.15) is 0 Å². The largest absolute Gasteiger partial charge is 0.469 e. The Morgan fingerprint density at radius 3 is 2.48 bits per heavy atom. The van der Waals surface area contributed by atoms with Crippen LogP contribution in [0.15, 0.2) is 22.9 Å². The Morgan fingerprint density at radius 2 is 1.96 bits per heavy atom. The summed E-state index contributed by atoms with van der Waals surface area (Å²) in [7, 11) is -0.110. The second-order valence-corrected chi connectivity index (χ2v) is 13.9. The molecule has 1 rings (SSSR count). The van der Waals surface area contributed by atoms with Gasteiger partial charge in [-0.05, 0) is 51.7 Å². The number of hydrogen-bond donors (Lipinski definition) is 0. The normalized spacial score (nSPS) is 19.2. The van der Waals surface area contributed by atoms with Crippen LogP contribution in [0.2, 0.25) is 19.6 Å². The Labute approximate surface area is 153 Å². The molecule has 0 aromatic heterocycles. The maximum atomic E-state index is 12.4. The van der Waals surface area contributed by atoms with Crippen LogP contribution in [0.5, 0.6) is 0 Å². The van der Waals surface area contributed by atoms with Gasteiger partial charge >= 0.3 is 5.97 Å². The van der Waals surface area contributed by atoms with Crippen molar-refractivity contribution < 1.29 is 19.1 Å². The molecular weight excluding hydrogens is 332 g/mol. The van der Waals surface area contributed by atoms with Crippen molar-refractivity contribution in [1.29, 1.82) is 0 Å². The van der Waals surface area contributed by atoms with Crippen LogP contribution in [0.4, 0.5) is 0 Å². The fraction of sp³-hybridized carbons (Fsp3) is 0.700. The third-order valence-electron chi connectivity index (χ3n) is 4.18. The van der Waals surface area contributed by atoms with Crippen molar-refractivity contribution in [1.82, 2.24) is 0 Å². The molecule has 0 aromatic carbocycles. The zero-order chi connectivity index (χ0) is 19.3. The molecule has 0 spiro atoms. The quantitative estimate of drug-likeness (QED) is 0.358. The molecule has 5 heteroatoms. The van der Waals surface area contributed by atoms with Crippen molar-refractivity contribution in [3.8, 4) is 0 Å². The Hall–Kier alpha value is -1.20. The van der Waals surface area contributed by atoms with Crippen LogP contribution < -0.4 is 0 Å². The Kier molecular flexibility index (Phi) is 7.81. The summed E-state index contributed by atoms with van der Waals surface area (Å²) in [5, 5.41) is 1.37. The number of unbranched alkanes of at least 4 members (excludes halogenated alkanes) is 1. The lowest BCUT2D eigenvalue weighted by Crippen LogP contribution is -2.25. The van der Waals surface area contributed by atoms with Gasteiger partial charge in [0, 0.05) is 12.8 Å². The summed E-state index contributed by atoms with van der Waals surface area (Å²) in [6.07, 6.45) is 7.38. The molecule has 1 atom stereocenters. The van der Waals surface area contributed by atoms with Gasteiger partial charge in [0.05, 0.1) is 26.9 Å². The fourth-order valence-electron chi connectivity index (χ4n) is 2.85. The maximum Gasteiger partial charge on any atom is 0.305 e. The molecular formula is C20H34O4Si. The van der Waals surface area contributed by atoms with Crippen molar-refractivity contribution in [2.45, 2.75) is 84.2 Å². The zero-order valence-corrected chi connectivity index (χ0v) is 17.9. The Morgan fingerprint density at radius 1 is 1.32 bits per heavy atom.